The first-order valence-corrected chi connectivity index (χ1v) is 6.39. The van der Waals surface area contributed by atoms with Crippen LogP contribution in [0.2, 0.25) is 0 Å². The molecule has 1 heterocycles. The molecule has 2 atom stereocenters. The molecule has 5 heteroatoms. The lowest BCUT2D eigenvalue weighted by Gasteiger charge is -2.32. The van der Waals surface area contributed by atoms with E-state index >= 15 is 0 Å². The fourth-order valence-electron chi connectivity index (χ4n) is 2.36. The van der Waals surface area contributed by atoms with Crippen molar-refractivity contribution >= 4 is 11.6 Å². The van der Waals surface area contributed by atoms with Crippen molar-refractivity contribution in [3.63, 3.8) is 0 Å². The van der Waals surface area contributed by atoms with Crippen LogP contribution in [0.4, 0.5) is 5.69 Å². The number of para-hydroxylation sites is 1. The van der Waals surface area contributed by atoms with E-state index < -0.39 is 6.10 Å². The van der Waals surface area contributed by atoms with E-state index in [1.165, 1.54) is 0 Å². The van der Waals surface area contributed by atoms with Gasteiger partial charge in [-0.25, -0.2) is 0 Å². The Balaban J connectivity index is 2.09. The molecule has 1 aromatic rings. The highest BCUT2D eigenvalue weighted by molar-refractivity contribution is 5.96. The molecular weight excluding hydrogens is 244 g/mol. The molecule has 0 spiro atoms. The van der Waals surface area contributed by atoms with Gasteiger partial charge in [0.2, 0.25) is 5.91 Å². The van der Waals surface area contributed by atoms with Gasteiger partial charge in [0.25, 0.3) is 0 Å². The Morgan fingerprint density at radius 1 is 1.53 bits per heavy atom. The quantitative estimate of drug-likeness (QED) is 0.821. The number of nitrogens with zero attached hydrogens (tertiary/aromatic N) is 1. The SMILES string of the molecule is COCC(O)CNC1CC(=O)N(C)c2ccccc21. The maximum atomic E-state index is 11.9. The number of rotatable bonds is 5. The molecule has 1 aliphatic rings. The van der Waals surface area contributed by atoms with Gasteiger partial charge in [0.15, 0.2) is 0 Å². The minimum absolute atomic E-state index is 0.0496. The Labute approximate surface area is 113 Å². The second kappa shape index (κ2) is 6.14. The third kappa shape index (κ3) is 3.12. The maximum absolute atomic E-state index is 11.9. The highest BCUT2D eigenvalue weighted by Gasteiger charge is 2.28. The number of nitrogens with one attached hydrogen (secondary N) is 1. The molecule has 0 saturated heterocycles. The number of hydrogen-bond acceptors (Lipinski definition) is 4. The van der Waals surface area contributed by atoms with E-state index in [0.717, 1.165) is 11.3 Å². The maximum Gasteiger partial charge on any atom is 0.228 e. The Morgan fingerprint density at radius 3 is 3.00 bits per heavy atom. The molecule has 2 N–H and O–H groups in total. The minimum Gasteiger partial charge on any atom is -0.389 e. The van der Waals surface area contributed by atoms with E-state index in [1.807, 2.05) is 24.3 Å². The predicted molar refractivity (Wildman–Crippen MR) is 73.1 cm³/mol. The van der Waals surface area contributed by atoms with Gasteiger partial charge < -0.3 is 20.1 Å². The molecule has 1 aromatic carbocycles. The molecular formula is C14H20N2O3. The Kier molecular flexibility index (Phi) is 4.52. The smallest absolute Gasteiger partial charge is 0.228 e. The van der Waals surface area contributed by atoms with Gasteiger partial charge in [-0.1, -0.05) is 18.2 Å². The largest absolute Gasteiger partial charge is 0.389 e. The highest BCUT2D eigenvalue weighted by atomic mass is 16.5. The zero-order valence-corrected chi connectivity index (χ0v) is 11.3. The summed E-state index contributed by atoms with van der Waals surface area (Å²) >= 11 is 0. The van der Waals surface area contributed by atoms with Crippen molar-refractivity contribution in [1.29, 1.82) is 0 Å². The van der Waals surface area contributed by atoms with E-state index in [1.54, 1.807) is 19.1 Å². The average Bonchev–Trinajstić information content (AvgIpc) is 2.42. The fourth-order valence-corrected chi connectivity index (χ4v) is 2.36. The second-order valence-electron chi connectivity index (χ2n) is 4.79. The third-order valence-corrected chi connectivity index (χ3v) is 3.39. The van der Waals surface area contributed by atoms with Crippen LogP contribution in [-0.4, -0.2) is 44.4 Å². The summed E-state index contributed by atoms with van der Waals surface area (Å²) in [7, 11) is 3.34. The number of carbonyl (C=O) groups excluding carboxylic acids is 1. The fraction of sp³-hybridized carbons (Fsp3) is 0.500. The number of hydrogen-bond donors (Lipinski definition) is 2. The predicted octanol–water partition coefficient (Wildman–Crippen LogP) is 0.691. The van der Waals surface area contributed by atoms with Crippen LogP contribution in [0.15, 0.2) is 24.3 Å². The number of amides is 1. The zero-order chi connectivity index (χ0) is 13.8. The molecule has 0 saturated carbocycles. The summed E-state index contributed by atoms with van der Waals surface area (Å²) in [6.45, 7) is 0.694. The number of aliphatic hydroxyl groups excluding tert-OH is 1. The molecule has 2 unspecified atom stereocenters. The molecule has 19 heavy (non-hydrogen) atoms. The summed E-state index contributed by atoms with van der Waals surface area (Å²) in [6.07, 6.45) is -0.153. The summed E-state index contributed by atoms with van der Waals surface area (Å²) in [5, 5.41) is 12.9. The number of anilines is 1. The molecule has 0 bridgehead atoms. The standard InChI is InChI=1S/C14H20N2O3/c1-16-13-6-4-3-5-11(13)12(7-14(16)18)15-8-10(17)9-19-2/h3-6,10,12,15,17H,7-9H2,1-2H3. The van der Waals surface area contributed by atoms with Gasteiger partial charge in [0.1, 0.15) is 0 Å². The van der Waals surface area contributed by atoms with Gasteiger partial charge in [-0.05, 0) is 11.6 Å². The lowest BCUT2D eigenvalue weighted by molar-refractivity contribution is -0.119. The Bertz CT molecular complexity index is 450. The summed E-state index contributed by atoms with van der Waals surface area (Å²) in [5.74, 6) is 0.0810. The zero-order valence-electron chi connectivity index (χ0n) is 11.3. The first-order valence-electron chi connectivity index (χ1n) is 6.39. The molecule has 0 aliphatic carbocycles. The van der Waals surface area contributed by atoms with Gasteiger partial charge in [-0.15, -0.1) is 0 Å². The highest BCUT2D eigenvalue weighted by Crippen LogP contribution is 2.33. The second-order valence-corrected chi connectivity index (χ2v) is 4.79. The average molecular weight is 264 g/mol. The van der Waals surface area contributed by atoms with Crippen LogP contribution in [0.5, 0.6) is 0 Å². The van der Waals surface area contributed by atoms with Crippen molar-refractivity contribution in [3.8, 4) is 0 Å². The van der Waals surface area contributed by atoms with Gasteiger partial charge in [0.05, 0.1) is 12.7 Å². The van der Waals surface area contributed by atoms with Crippen LogP contribution >= 0.6 is 0 Å². The van der Waals surface area contributed by atoms with E-state index in [4.69, 9.17) is 4.74 Å². The van der Waals surface area contributed by atoms with Crippen molar-refractivity contribution in [2.75, 3.05) is 32.2 Å². The van der Waals surface area contributed by atoms with E-state index in [9.17, 15) is 9.90 Å². The Hall–Kier alpha value is -1.43. The number of methoxy groups -OCH3 is 1. The molecule has 0 radical (unpaired) electrons. The van der Waals surface area contributed by atoms with E-state index in [2.05, 4.69) is 5.32 Å². The van der Waals surface area contributed by atoms with Crippen molar-refractivity contribution in [3.05, 3.63) is 29.8 Å². The van der Waals surface area contributed by atoms with Crippen molar-refractivity contribution in [2.45, 2.75) is 18.6 Å². The summed E-state index contributed by atoms with van der Waals surface area (Å²) in [6, 6.07) is 7.78. The number of benzene rings is 1. The molecule has 0 aromatic heterocycles. The first-order chi connectivity index (χ1) is 9.13. The van der Waals surface area contributed by atoms with Crippen LogP contribution in [-0.2, 0) is 9.53 Å². The van der Waals surface area contributed by atoms with Crippen LogP contribution < -0.4 is 10.2 Å². The van der Waals surface area contributed by atoms with Crippen molar-refractivity contribution in [1.82, 2.24) is 5.32 Å². The minimum atomic E-state index is -0.563. The summed E-state index contributed by atoms with van der Waals surface area (Å²) in [4.78, 5) is 13.6. The van der Waals surface area contributed by atoms with E-state index in [0.29, 0.717) is 13.0 Å². The van der Waals surface area contributed by atoms with Crippen molar-refractivity contribution in [2.24, 2.45) is 0 Å². The van der Waals surface area contributed by atoms with Crippen molar-refractivity contribution < 1.29 is 14.6 Å². The number of ether oxygens (including phenoxy) is 1. The summed E-state index contributed by atoms with van der Waals surface area (Å²) < 4.78 is 4.89. The topological polar surface area (TPSA) is 61.8 Å². The number of aliphatic hydroxyl groups is 1. The molecule has 104 valence electrons. The first kappa shape index (κ1) is 14.0. The Morgan fingerprint density at radius 2 is 2.26 bits per heavy atom. The molecule has 0 fully saturated rings. The van der Waals surface area contributed by atoms with Crippen LogP contribution in [0, 0.1) is 0 Å². The monoisotopic (exact) mass is 264 g/mol. The lowest BCUT2D eigenvalue weighted by Crippen LogP contribution is -2.40. The normalized spacial score (nSPS) is 20.3. The van der Waals surface area contributed by atoms with E-state index in [-0.39, 0.29) is 18.6 Å². The van der Waals surface area contributed by atoms with Gasteiger partial charge in [-0.3, -0.25) is 4.79 Å². The molecule has 2 rings (SSSR count). The van der Waals surface area contributed by atoms with Gasteiger partial charge in [0, 0.05) is 38.9 Å². The van der Waals surface area contributed by atoms with Crippen LogP contribution in [0.3, 0.4) is 0 Å². The van der Waals surface area contributed by atoms with Crippen LogP contribution in [0.1, 0.15) is 18.0 Å². The van der Waals surface area contributed by atoms with Gasteiger partial charge >= 0.3 is 0 Å². The lowest BCUT2D eigenvalue weighted by atomic mass is 9.96. The summed E-state index contributed by atoms with van der Waals surface area (Å²) in [5.41, 5.74) is 2.02. The molecule has 5 nitrogen and oxygen atoms in total. The van der Waals surface area contributed by atoms with Crippen LogP contribution in [0.25, 0.3) is 0 Å². The number of carbonyl (C=O) groups is 1. The number of fused-ring (bicyclic) bond motifs is 1. The molecule has 1 amide bonds. The third-order valence-electron chi connectivity index (χ3n) is 3.39. The molecule has 1 aliphatic heterocycles. The van der Waals surface area contributed by atoms with Gasteiger partial charge in [-0.2, -0.15) is 0 Å².